The quantitative estimate of drug-likeness (QED) is 0.0233. The van der Waals surface area contributed by atoms with Crippen molar-refractivity contribution in [2.24, 2.45) is 0 Å². The van der Waals surface area contributed by atoms with Gasteiger partial charge in [-0.2, -0.15) is 0 Å². The molecule has 3 rings (SSSR count). The lowest BCUT2D eigenvalue weighted by Gasteiger charge is -2.48. The summed E-state index contributed by atoms with van der Waals surface area (Å²) in [5.41, 5.74) is 0. The zero-order valence-electron chi connectivity index (χ0n) is 49.9. The van der Waals surface area contributed by atoms with Crippen LogP contribution in [-0.2, 0) is 33.2 Å². The van der Waals surface area contributed by atoms with Crippen molar-refractivity contribution in [3.8, 4) is 0 Å². The molecule has 19 heteroatoms. The van der Waals surface area contributed by atoms with Gasteiger partial charge < -0.3 is 89.9 Å². The Morgan fingerprint density at radius 3 is 1.30 bits per heavy atom. The maximum absolute atomic E-state index is 13.3. The average Bonchev–Trinajstić information content (AvgIpc) is 3.25. The van der Waals surface area contributed by atoms with E-state index in [2.05, 4.69) is 104 Å². The third-order valence-electron chi connectivity index (χ3n) is 15.2. The van der Waals surface area contributed by atoms with Crippen LogP contribution in [0.4, 0.5) is 0 Å². The van der Waals surface area contributed by atoms with Crippen molar-refractivity contribution in [2.75, 3.05) is 26.4 Å². The van der Waals surface area contributed by atoms with Crippen molar-refractivity contribution in [1.82, 2.24) is 5.32 Å². The number of allylic oxidation sites excluding steroid dienone is 14. The van der Waals surface area contributed by atoms with Crippen LogP contribution >= 0.6 is 0 Å². The Bertz CT molecular complexity index is 1840. The van der Waals surface area contributed by atoms with Crippen LogP contribution in [0, 0.1) is 0 Å². The molecule has 3 saturated heterocycles. The van der Waals surface area contributed by atoms with Gasteiger partial charge in [0.2, 0.25) is 5.91 Å². The Kier molecular flexibility index (Phi) is 41.3. The predicted molar refractivity (Wildman–Crippen MR) is 318 cm³/mol. The fourth-order valence-electron chi connectivity index (χ4n) is 10.1. The highest BCUT2D eigenvalue weighted by Gasteiger charge is 2.53. The van der Waals surface area contributed by atoms with E-state index < -0.39 is 124 Å². The third kappa shape index (κ3) is 29.5. The molecule has 3 aliphatic rings. The van der Waals surface area contributed by atoms with Gasteiger partial charge in [0.05, 0.1) is 38.6 Å². The van der Waals surface area contributed by atoms with E-state index in [1.165, 1.54) is 32.1 Å². The second-order valence-electron chi connectivity index (χ2n) is 22.1. The van der Waals surface area contributed by atoms with Crippen LogP contribution in [-0.4, -0.2) is 193 Å². The molecule has 19 nitrogen and oxygen atoms in total. The topological polar surface area (TPSA) is 307 Å². The highest BCUT2D eigenvalue weighted by Crippen LogP contribution is 2.33. The minimum atomic E-state index is -1.98. The van der Waals surface area contributed by atoms with Crippen LogP contribution in [0.2, 0.25) is 0 Å². The van der Waals surface area contributed by atoms with Crippen molar-refractivity contribution >= 4 is 5.91 Å². The van der Waals surface area contributed by atoms with E-state index in [9.17, 15) is 61.0 Å². The minimum Gasteiger partial charge on any atom is -0.394 e. The third-order valence-corrected chi connectivity index (χ3v) is 15.2. The van der Waals surface area contributed by atoms with Gasteiger partial charge in [-0.15, -0.1) is 0 Å². The lowest BCUT2D eigenvalue weighted by Crippen LogP contribution is -2.66. The van der Waals surface area contributed by atoms with E-state index in [0.29, 0.717) is 12.8 Å². The number of nitrogens with one attached hydrogen (secondary N) is 1. The SMILES string of the molecule is CC/C=C\C/C=C\C/C=C\C/C=C\C/C=C\C/C=C\C/C=C\CCCCCCCCCC(=O)NC(COC1OC(CO)C(OC2OC(CO)C(OC3OC(CO)C(O)C(O)C3O)C(O)C2O)C(O)C1O)C(O)CCCCCCCCCCC. The van der Waals surface area contributed by atoms with Crippen molar-refractivity contribution in [3.63, 3.8) is 0 Å². The lowest BCUT2D eigenvalue weighted by atomic mass is 9.96. The number of hydrogen-bond donors (Lipinski definition) is 12. The number of hydrogen-bond acceptors (Lipinski definition) is 18. The summed E-state index contributed by atoms with van der Waals surface area (Å²) in [6.07, 6.45) is 29.7. The highest BCUT2D eigenvalue weighted by atomic mass is 16.8. The Balaban J connectivity index is 1.40. The first-order valence-electron chi connectivity index (χ1n) is 31.3. The Labute approximate surface area is 495 Å². The van der Waals surface area contributed by atoms with Gasteiger partial charge in [-0.3, -0.25) is 4.79 Å². The van der Waals surface area contributed by atoms with Gasteiger partial charge in [0.15, 0.2) is 18.9 Å². The molecule has 17 unspecified atom stereocenters. The van der Waals surface area contributed by atoms with Crippen LogP contribution in [0.25, 0.3) is 0 Å². The number of carbonyl (C=O) groups is 1. The van der Waals surface area contributed by atoms with E-state index in [1.807, 2.05) is 0 Å². The summed E-state index contributed by atoms with van der Waals surface area (Å²) >= 11 is 0. The summed E-state index contributed by atoms with van der Waals surface area (Å²) in [5.74, 6) is -0.261. The fraction of sp³-hybridized carbons (Fsp3) is 0.766. The number of amides is 1. The molecular formula is C64H109NO18. The van der Waals surface area contributed by atoms with Crippen LogP contribution in [0.5, 0.6) is 0 Å². The molecule has 478 valence electrons. The van der Waals surface area contributed by atoms with E-state index in [1.54, 1.807) is 0 Å². The van der Waals surface area contributed by atoms with E-state index in [0.717, 1.165) is 116 Å². The number of rotatable bonds is 45. The number of aliphatic hydroxyl groups excluding tert-OH is 11. The molecule has 0 aromatic carbocycles. The molecule has 0 saturated carbocycles. The smallest absolute Gasteiger partial charge is 0.220 e. The van der Waals surface area contributed by atoms with Crippen LogP contribution < -0.4 is 5.32 Å². The first-order valence-corrected chi connectivity index (χ1v) is 31.3. The lowest BCUT2D eigenvalue weighted by molar-refractivity contribution is -0.379. The molecule has 0 radical (unpaired) electrons. The van der Waals surface area contributed by atoms with Crippen LogP contribution in [0.15, 0.2) is 85.1 Å². The van der Waals surface area contributed by atoms with Gasteiger partial charge >= 0.3 is 0 Å². The Morgan fingerprint density at radius 2 is 0.831 bits per heavy atom. The van der Waals surface area contributed by atoms with Gasteiger partial charge in [0.25, 0.3) is 0 Å². The maximum Gasteiger partial charge on any atom is 0.220 e. The Hall–Kier alpha value is -3.03. The first kappa shape index (κ1) is 74.2. The van der Waals surface area contributed by atoms with E-state index in [-0.39, 0.29) is 18.9 Å². The monoisotopic (exact) mass is 1180 g/mol. The molecule has 0 aromatic rings. The van der Waals surface area contributed by atoms with Crippen molar-refractivity contribution in [3.05, 3.63) is 85.1 Å². The molecule has 12 N–H and O–H groups in total. The van der Waals surface area contributed by atoms with Crippen molar-refractivity contribution in [2.45, 2.75) is 285 Å². The zero-order valence-corrected chi connectivity index (χ0v) is 49.9. The van der Waals surface area contributed by atoms with Gasteiger partial charge in [-0.1, -0.05) is 189 Å². The molecule has 3 heterocycles. The molecule has 1 amide bonds. The van der Waals surface area contributed by atoms with Gasteiger partial charge in [0.1, 0.15) is 73.2 Å². The molecule has 83 heavy (non-hydrogen) atoms. The zero-order chi connectivity index (χ0) is 60.5. The molecule has 0 aromatic heterocycles. The molecule has 3 fully saturated rings. The summed E-state index contributed by atoms with van der Waals surface area (Å²) in [5, 5.41) is 120. The summed E-state index contributed by atoms with van der Waals surface area (Å²) < 4.78 is 34.2. The van der Waals surface area contributed by atoms with Gasteiger partial charge in [0, 0.05) is 6.42 Å². The largest absolute Gasteiger partial charge is 0.394 e. The normalized spacial score (nSPS) is 30.0. The highest BCUT2D eigenvalue weighted by molar-refractivity contribution is 5.76. The summed E-state index contributed by atoms with van der Waals surface area (Å²) in [6, 6.07) is -0.897. The van der Waals surface area contributed by atoms with E-state index in [4.69, 9.17) is 28.4 Å². The minimum absolute atomic E-state index is 0.247. The standard InChI is InChI=1S/C64H109NO18/c1-3-5-7-9-11-13-14-15-16-17-18-19-20-21-22-23-24-25-26-27-28-29-30-31-32-34-36-38-40-42-52(70)65-47(48(69)41-39-37-35-33-12-10-8-6-4-2)46-78-62-58(76)55(73)60(50(44-67)80-62)83-64-59(77)56(74)61(51(45-68)81-64)82-63-57(75)54(72)53(71)49(43-66)79-63/h5,7,11,13,15-16,18-19,21-22,24-25,27-28,47-51,53-64,66-69,71-77H,3-4,6,8-10,12,14,17,20,23,26,29-46H2,1-2H3,(H,65,70)/b7-5-,13-11-,16-15-,19-18-,22-21-,25-24-,28-27-. The van der Waals surface area contributed by atoms with E-state index >= 15 is 0 Å². The predicted octanol–water partition coefficient (Wildman–Crippen LogP) is 6.37. The second kappa shape index (κ2) is 46.2. The van der Waals surface area contributed by atoms with Gasteiger partial charge in [-0.25, -0.2) is 0 Å². The van der Waals surface area contributed by atoms with Gasteiger partial charge in [-0.05, 0) is 70.6 Å². The summed E-state index contributed by atoms with van der Waals surface area (Å²) in [7, 11) is 0. The van der Waals surface area contributed by atoms with Crippen molar-refractivity contribution < 1.29 is 89.4 Å². The number of carbonyl (C=O) groups excluding carboxylic acids is 1. The summed E-state index contributed by atoms with van der Waals surface area (Å²) in [6.45, 7) is 1.61. The molecular weight excluding hydrogens is 1070 g/mol. The summed E-state index contributed by atoms with van der Waals surface area (Å²) in [4.78, 5) is 13.3. The van der Waals surface area contributed by atoms with Crippen LogP contribution in [0.3, 0.4) is 0 Å². The maximum atomic E-state index is 13.3. The molecule has 0 spiro atoms. The van der Waals surface area contributed by atoms with Crippen molar-refractivity contribution in [1.29, 1.82) is 0 Å². The van der Waals surface area contributed by atoms with Crippen LogP contribution in [0.1, 0.15) is 181 Å². The number of aliphatic hydroxyl groups is 11. The fourth-order valence-corrected chi connectivity index (χ4v) is 10.1. The first-order chi connectivity index (χ1) is 40.3. The number of ether oxygens (including phenoxy) is 6. The second-order valence-corrected chi connectivity index (χ2v) is 22.1. The number of unbranched alkanes of at least 4 members (excludes halogenated alkanes) is 15. The average molecular weight is 1180 g/mol. The molecule has 0 aliphatic carbocycles. The molecule has 0 bridgehead atoms. The molecule has 17 atom stereocenters. The molecule has 3 aliphatic heterocycles. The Morgan fingerprint density at radius 1 is 0.446 bits per heavy atom.